The lowest BCUT2D eigenvalue weighted by atomic mass is 10.1. The molecule has 0 bridgehead atoms. The molecule has 1 N–H and O–H groups in total. The fourth-order valence-corrected chi connectivity index (χ4v) is 4.58. The number of sulfonamides is 1. The van der Waals surface area contributed by atoms with Gasteiger partial charge in [-0.05, 0) is 36.2 Å². The van der Waals surface area contributed by atoms with Crippen molar-refractivity contribution in [2.45, 2.75) is 25.0 Å². The van der Waals surface area contributed by atoms with Gasteiger partial charge >= 0.3 is 6.09 Å². The molecule has 0 aliphatic carbocycles. The molecule has 1 unspecified atom stereocenters. The van der Waals surface area contributed by atoms with E-state index in [0.29, 0.717) is 43.2 Å². The van der Waals surface area contributed by atoms with Crippen molar-refractivity contribution in [3.8, 4) is 5.88 Å². The number of carbonyl (C=O) groups is 1. The molecule has 1 aromatic heterocycles. The zero-order valence-corrected chi connectivity index (χ0v) is 17.7. The standard InChI is InChI=1S/C19H23FN4O6S/c1-31(26,27)22-13-4-7-23(8-5-13)17-3-2-14(10-16(17)20)24-11-15(30-19(24)25)12-28-18-6-9-29-21-18/h2-3,6,9-10,13,15,22H,4-5,7-8,11-12H2,1H3. The minimum atomic E-state index is -3.26. The Morgan fingerprint density at radius 1 is 1.29 bits per heavy atom. The number of nitrogens with one attached hydrogen (secondary N) is 1. The average molecular weight is 454 g/mol. The molecule has 2 aromatic rings. The number of halogens is 1. The number of rotatable bonds is 7. The lowest BCUT2D eigenvalue weighted by Gasteiger charge is -2.34. The van der Waals surface area contributed by atoms with Crippen LogP contribution in [-0.4, -0.2) is 64.3 Å². The summed E-state index contributed by atoms with van der Waals surface area (Å²) in [5.41, 5.74) is 0.809. The molecule has 3 heterocycles. The van der Waals surface area contributed by atoms with Gasteiger partial charge in [0.1, 0.15) is 18.7 Å². The first-order valence-corrected chi connectivity index (χ1v) is 11.7. The monoisotopic (exact) mass is 454 g/mol. The van der Waals surface area contributed by atoms with Crippen molar-refractivity contribution in [2.24, 2.45) is 0 Å². The van der Waals surface area contributed by atoms with E-state index in [-0.39, 0.29) is 19.2 Å². The first kappa shape index (κ1) is 21.4. The molecule has 2 fully saturated rings. The quantitative estimate of drug-likeness (QED) is 0.673. The number of ether oxygens (including phenoxy) is 2. The van der Waals surface area contributed by atoms with Crippen LogP contribution in [0.15, 0.2) is 35.1 Å². The molecule has 168 valence electrons. The maximum Gasteiger partial charge on any atom is 0.414 e. The lowest BCUT2D eigenvalue weighted by Crippen LogP contribution is -2.44. The molecule has 1 aromatic carbocycles. The molecule has 2 aliphatic rings. The maximum atomic E-state index is 14.8. The summed E-state index contributed by atoms with van der Waals surface area (Å²) in [5, 5.41) is 3.62. The highest BCUT2D eigenvalue weighted by Gasteiger charge is 2.33. The van der Waals surface area contributed by atoms with E-state index in [1.54, 1.807) is 18.2 Å². The van der Waals surface area contributed by atoms with Crippen LogP contribution in [0.3, 0.4) is 0 Å². The molecule has 10 nitrogen and oxygen atoms in total. The molecular weight excluding hydrogens is 431 g/mol. The Bertz CT molecular complexity index is 1020. The summed E-state index contributed by atoms with van der Waals surface area (Å²) < 4.78 is 55.5. The van der Waals surface area contributed by atoms with Crippen molar-refractivity contribution in [3.63, 3.8) is 0 Å². The number of cyclic esters (lactones) is 1. The fraction of sp³-hybridized carbons (Fsp3) is 0.474. The molecule has 1 atom stereocenters. The lowest BCUT2D eigenvalue weighted by molar-refractivity contribution is 0.102. The average Bonchev–Trinajstić information content (AvgIpc) is 3.35. The third kappa shape index (κ3) is 5.25. The Morgan fingerprint density at radius 3 is 2.71 bits per heavy atom. The number of hydrogen-bond donors (Lipinski definition) is 1. The summed E-state index contributed by atoms with van der Waals surface area (Å²) in [4.78, 5) is 15.4. The van der Waals surface area contributed by atoms with Gasteiger partial charge in [-0.2, -0.15) is 0 Å². The number of amides is 1. The number of piperidine rings is 1. The summed E-state index contributed by atoms with van der Waals surface area (Å²) in [5.74, 6) is -0.164. The Labute approximate surface area is 178 Å². The van der Waals surface area contributed by atoms with E-state index in [4.69, 9.17) is 9.47 Å². The number of hydrogen-bond acceptors (Lipinski definition) is 8. The van der Waals surface area contributed by atoms with Gasteiger partial charge in [0, 0.05) is 25.2 Å². The van der Waals surface area contributed by atoms with E-state index < -0.39 is 28.0 Å². The minimum Gasteiger partial charge on any atom is -0.471 e. The fourth-order valence-electron chi connectivity index (χ4n) is 3.73. The SMILES string of the molecule is CS(=O)(=O)NC1CCN(c2ccc(N3CC(COc4ccon4)OC3=O)cc2F)CC1. The molecule has 31 heavy (non-hydrogen) atoms. The van der Waals surface area contributed by atoms with Crippen LogP contribution in [0.2, 0.25) is 0 Å². The van der Waals surface area contributed by atoms with E-state index in [9.17, 15) is 17.6 Å². The molecule has 0 spiro atoms. The Hall–Kier alpha value is -2.86. The Morgan fingerprint density at radius 2 is 2.06 bits per heavy atom. The van der Waals surface area contributed by atoms with E-state index >= 15 is 0 Å². The van der Waals surface area contributed by atoms with Crippen LogP contribution in [0, 0.1) is 5.82 Å². The predicted molar refractivity (Wildman–Crippen MR) is 109 cm³/mol. The van der Waals surface area contributed by atoms with Gasteiger partial charge in [-0.15, -0.1) is 0 Å². The van der Waals surface area contributed by atoms with Crippen LogP contribution in [0.4, 0.5) is 20.6 Å². The number of nitrogens with zero attached hydrogens (tertiary/aromatic N) is 3. The maximum absolute atomic E-state index is 14.8. The Kier molecular flexibility index (Phi) is 6.01. The van der Waals surface area contributed by atoms with Crippen LogP contribution in [0.5, 0.6) is 5.88 Å². The normalized spacial score (nSPS) is 20.2. The first-order chi connectivity index (χ1) is 14.8. The van der Waals surface area contributed by atoms with Gasteiger partial charge in [-0.25, -0.2) is 22.3 Å². The van der Waals surface area contributed by atoms with Crippen molar-refractivity contribution in [2.75, 3.05) is 42.3 Å². The zero-order chi connectivity index (χ0) is 22.0. The number of benzene rings is 1. The molecular formula is C19H23FN4O6S. The highest BCUT2D eigenvalue weighted by molar-refractivity contribution is 7.88. The van der Waals surface area contributed by atoms with E-state index in [0.717, 1.165) is 6.26 Å². The molecule has 0 radical (unpaired) electrons. The van der Waals surface area contributed by atoms with Crippen LogP contribution < -0.4 is 19.3 Å². The summed E-state index contributed by atoms with van der Waals surface area (Å²) in [7, 11) is -3.26. The number of carbonyl (C=O) groups excluding carboxylic acids is 1. The van der Waals surface area contributed by atoms with Gasteiger partial charge in [0.05, 0.1) is 24.2 Å². The van der Waals surface area contributed by atoms with Crippen molar-refractivity contribution in [1.82, 2.24) is 9.88 Å². The largest absolute Gasteiger partial charge is 0.471 e. The second-order valence-corrected chi connectivity index (χ2v) is 9.33. The number of aromatic nitrogens is 1. The van der Waals surface area contributed by atoms with Gasteiger partial charge < -0.3 is 18.9 Å². The first-order valence-electron chi connectivity index (χ1n) is 9.81. The van der Waals surface area contributed by atoms with Gasteiger partial charge in [-0.1, -0.05) is 0 Å². The van der Waals surface area contributed by atoms with Gasteiger partial charge in [0.2, 0.25) is 10.0 Å². The van der Waals surface area contributed by atoms with Crippen LogP contribution in [-0.2, 0) is 14.8 Å². The van der Waals surface area contributed by atoms with Crippen molar-refractivity contribution < 1.29 is 31.6 Å². The van der Waals surface area contributed by atoms with E-state index in [1.807, 2.05) is 4.90 Å². The Balaban J connectivity index is 1.36. The summed E-state index contributed by atoms with van der Waals surface area (Å²) in [6, 6.07) is 5.99. The van der Waals surface area contributed by atoms with Gasteiger partial charge in [0.25, 0.3) is 5.88 Å². The number of anilines is 2. The second-order valence-electron chi connectivity index (χ2n) is 7.55. The third-order valence-corrected chi connectivity index (χ3v) is 5.93. The van der Waals surface area contributed by atoms with Crippen molar-refractivity contribution in [3.05, 3.63) is 36.3 Å². The predicted octanol–water partition coefficient (Wildman–Crippen LogP) is 1.74. The minimum absolute atomic E-state index is 0.103. The smallest absolute Gasteiger partial charge is 0.414 e. The third-order valence-electron chi connectivity index (χ3n) is 5.16. The molecule has 2 saturated heterocycles. The van der Waals surface area contributed by atoms with Crippen LogP contribution in [0.25, 0.3) is 0 Å². The van der Waals surface area contributed by atoms with Crippen LogP contribution >= 0.6 is 0 Å². The zero-order valence-electron chi connectivity index (χ0n) is 16.9. The van der Waals surface area contributed by atoms with E-state index in [1.165, 1.54) is 17.2 Å². The molecule has 0 saturated carbocycles. The van der Waals surface area contributed by atoms with E-state index in [2.05, 4.69) is 14.4 Å². The molecule has 12 heteroatoms. The highest BCUT2D eigenvalue weighted by Crippen LogP contribution is 2.29. The summed E-state index contributed by atoms with van der Waals surface area (Å²) in [6.07, 6.45) is 2.57. The van der Waals surface area contributed by atoms with Crippen molar-refractivity contribution >= 4 is 27.5 Å². The van der Waals surface area contributed by atoms with Gasteiger partial charge in [-0.3, -0.25) is 4.90 Å². The highest BCUT2D eigenvalue weighted by atomic mass is 32.2. The summed E-state index contributed by atoms with van der Waals surface area (Å²) in [6.45, 7) is 1.37. The van der Waals surface area contributed by atoms with Crippen LogP contribution in [0.1, 0.15) is 12.8 Å². The van der Waals surface area contributed by atoms with Crippen molar-refractivity contribution in [1.29, 1.82) is 0 Å². The molecule has 1 amide bonds. The summed E-state index contributed by atoms with van der Waals surface area (Å²) >= 11 is 0. The molecule has 4 rings (SSSR count). The van der Waals surface area contributed by atoms with Gasteiger partial charge in [0.15, 0.2) is 6.10 Å². The topological polar surface area (TPSA) is 114 Å². The second kappa shape index (κ2) is 8.71. The molecule has 2 aliphatic heterocycles.